The predicted octanol–water partition coefficient (Wildman–Crippen LogP) is 4.87. The van der Waals surface area contributed by atoms with Crippen LogP contribution in [0.2, 0.25) is 0 Å². The van der Waals surface area contributed by atoms with E-state index >= 15 is 0 Å². The fourth-order valence-corrected chi connectivity index (χ4v) is 3.77. The number of aromatic nitrogens is 3. The second kappa shape index (κ2) is 10.2. The van der Waals surface area contributed by atoms with Crippen LogP contribution in [0.25, 0.3) is 0 Å². The van der Waals surface area contributed by atoms with Crippen LogP contribution >= 0.6 is 11.8 Å². The van der Waals surface area contributed by atoms with Crippen molar-refractivity contribution in [1.29, 1.82) is 0 Å². The monoisotopic (exact) mass is 428 g/mol. The van der Waals surface area contributed by atoms with Crippen LogP contribution in [0.1, 0.15) is 38.3 Å². The van der Waals surface area contributed by atoms with Crippen LogP contribution in [-0.2, 0) is 17.8 Å². The Labute approximate surface area is 179 Å². The highest BCUT2D eigenvalue weighted by Crippen LogP contribution is 2.25. The van der Waals surface area contributed by atoms with Gasteiger partial charge in [-0.25, -0.2) is 4.39 Å². The molecule has 3 rings (SSSR count). The lowest BCUT2D eigenvalue weighted by Gasteiger charge is -2.16. The van der Waals surface area contributed by atoms with Gasteiger partial charge in [0, 0.05) is 12.2 Å². The summed E-state index contributed by atoms with van der Waals surface area (Å²) in [7, 11) is 0. The SMILES string of the molecule is CCc1ccc(O[C@H](C)c2nnc(SCC(=O)Nc3cccc(F)c3)n2CC)cc1. The van der Waals surface area contributed by atoms with E-state index in [1.54, 1.807) is 12.1 Å². The first-order valence-corrected chi connectivity index (χ1v) is 10.9. The number of benzene rings is 2. The molecule has 0 aliphatic rings. The van der Waals surface area contributed by atoms with Crippen LogP contribution in [-0.4, -0.2) is 26.4 Å². The van der Waals surface area contributed by atoms with E-state index in [0.717, 1.165) is 12.2 Å². The van der Waals surface area contributed by atoms with Crippen molar-refractivity contribution >= 4 is 23.4 Å². The van der Waals surface area contributed by atoms with Gasteiger partial charge in [0.2, 0.25) is 5.91 Å². The van der Waals surface area contributed by atoms with Crippen LogP contribution < -0.4 is 10.1 Å². The number of halogens is 1. The maximum Gasteiger partial charge on any atom is 0.234 e. The van der Waals surface area contributed by atoms with Crippen molar-refractivity contribution in [3.63, 3.8) is 0 Å². The largest absolute Gasteiger partial charge is 0.483 e. The summed E-state index contributed by atoms with van der Waals surface area (Å²) in [6.45, 7) is 6.68. The number of rotatable bonds is 9. The fraction of sp³-hybridized carbons (Fsp3) is 0.318. The molecular weight excluding hydrogens is 403 g/mol. The highest BCUT2D eigenvalue weighted by atomic mass is 32.2. The van der Waals surface area contributed by atoms with Gasteiger partial charge in [0.1, 0.15) is 11.6 Å². The van der Waals surface area contributed by atoms with Gasteiger partial charge in [0.25, 0.3) is 0 Å². The Morgan fingerprint density at radius 1 is 1.20 bits per heavy atom. The van der Waals surface area contributed by atoms with Gasteiger partial charge < -0.3 is 14.6 Å². The quantitative estimate of drug-likeness (QED) is 0.493. The third-order valence-corrected chi connectivity index (χ3v) is 5.48. The molecule has 1 aromatic heterocycles. The molecule has 0 fully saturated rings. The van der Waals surface area contributed by atoms with Gasteiger partial charge >= 0.3 is 0 Å². The fourth-order valence-electron chi connectivity index (χ4n) is 2.96. The molecule has 0 bridgehead atoms. The van der Waals surface area contributed by atoms with Crippen molar-refractivity contribution < 1.29 is 13.9 Å². The number of thioether (sulfide) groups is 1. The number of anilines is 1. The average molecular weight is 429 g/mol. The van der Waals surface area contributed by atoms with Crippen molar-refractivity contribution in [1.82, 2.24) is 14.8 Å². The lowest BCUT2D eigenvalue weighted by molar-refractivity contribution is -0.113. The number of nitrogens with zero attached hydrogens (tertiary/aromatic N) is 3. The molecule has 0 saturated carbocycles. The maximum absolute atomic E-state index is 13.2. The Morgan fingerprint density at radius 3 is 2.63 bits per heavy atom. The molecule has 1 atom stereocenters. The van der Waals surface area contributed by atoms with E-state index in [1.807, 2.05) is 42.7 Å². The molecule has 0 saturated heterocycles. The molecule has 0 aliphatic heterocycles. The summed E-state index contributed by atoms with van der Waals surface area (Å²) < 4.78 is 21.2. The van der Waals surface area contributed by atoms with Crippen LogP contribution in [0.15, 0.2) is 53.7 Å². The Bertz CT molecular complexity index is 991. The second-order valence-electron chi connectivity index (χ2n) is 6.69. The van der Waals surface area contributed by atoms with E-state index in [-0.39, 0.29) is 17.8 Å². The molecule has 0 spiro atoms. The van der Waals surface area contributed by atoms with Gasteiger partial charge in [-0.05, 0) is 56.2 Å². The van der Waals surface area contributed by atoms with E-state index in [1.165, 1.54) is 29.5 Å². The molecule has 30 heavy (non-hydrogen) atoms. The van der Waals surface area contributed by atoms with Gasteiger partial charge in [-0.3, -0.25) is 4.79 Å². The Hall–Kier alpha value is -2.87. The van der Waals surface area contributed by atoms with E-state index in [2.05, 4.69) is 22.4 Å². The zero-order valence-electron chi connectivity index (χ0n) is 17.3. The Kier molecular flexibility index (Phi) is 7.46. The topological polar surface area (TPSA) is 69.0 Å². The van der Waals surface area contributed by atoms with Crippen LogP contribution in [0.5, 0.6) is 5.75 Å². The average Bonchev–Trinajstić information content (AvgIpc) is 3.16. The molecule has 8 heteroatoms. The predicted molar refractivity (Wildman–Crippen MR) is 116 cm³/mol. The number of aryl methyl sites for hydroxylation is 1. The van der Waals surface area contributed by atoms with Crippen molar-refractivity contribution in [2.75, 3.05) is 11.1 Å². The van der Waals surface area contributed by atoms with Crippen LogP contribution in [0.3, 0.4) is 0 Å². The zero-order chi connectivity index (χ0) is 21.5. The molecule has 1 N–H and O–H groups in total. The van der Waals surface area contributed by atoms with E-state index in [9.17, 15) is 9.18 Å². The van der Waals surface area contributed by atoms with Gasteiger partial charge in [-0.15, -0.1) is 10.2 Å². The van der Waals surface area contributed by atoms with Gasteiger partial charge in [0.05, 0.1) is 5.75 Å². The number of nitrogens with one attached hydrogen (secondary N) is 1. The molecule has 0 radical (unpaired) electrons. The summed E-state index contributed by atoms with van der Waals surface area (Å²) in [6.07, 6.45) is 0.688. The molecule has 2 aromatic carbocycles. The number of carbonyl (C=O) groups is 1. The number of amides is 1. The molecule has 158 valence electrons. The van der Waals surface area contributed by atoms with E-state index < -0.39 is 5.82 Å². The first kappa shape index (κ1) is 21.8. The molecular formula is C22H25FN4O2S. The minimum atomic E-state index is -0.394. The van der Waals surface area contributed by atoms with Crippen molar-refractivity contribution in [3.8, 4) is 5.75 Å². The minimum absolute atomic E-state index is 0.141. The van der Waals surface area contributed by atoms with E-state index in [0.29, 0.717) is 23.2 Å². The number of ether oxygens (including phenoxy) is 1. The molecule has 0 unspecified atom stereocenters. The summed E-state index contributed by atoms with van der Waals surface area (Å²) in [5, 5.41) is 11.8. The summed E-state index contributed by atoms with van der Waals surface area (Å²) >= 11 is 1.28. The normalized spacial score (nSPS) is 11.9. The van der Waals surface area contributed by atoms with Gasteiger partial charge in [0.15, 0.2) is 17.1 Å². The Morgan fingerprint density at radius 2 is 1.97 bits per heavy atom. The lowest BCUT2D eigenvalue weighted by atomic mass is 10.2. The highest BCUT2D eigenvalue weighted by molar-refractivity contribution is 7.99. The van der Waals surface area contributed by atoms with E-state index in [4.69, 9.17) is 4.74 Å². The van der Waals surface area contributed by atoms with Crippen molar-refractivity contribution in [2.24, 2.45) is 0 Å². The summed E-state index contributed by atoms with van der Waals surface area (Å²) in [4.78, 5) is 12.2. The standard InChI is InChI=1S/C22H25FN4O2S/c1-4-16-9-11-19(12-10-16)29-15(3)21-25-26-22(27(21)5-2)30-14-20(28)24-18-8-6-7-17(23)13-18/h6-13,15H,4-5,14H2,1-3H3,(H,24,28)/t15-/m1/s1. The lowest BCUT2D eigenvalue weighted by Crippen LogP contribution is -2.15. The summed E-state index contributed by atoms with van der Waals surface area (Å²) in [5.41, 5.74) is 1.68. The highest BCUT2D eigenvalue weighted by Gasteiger charge is 2.19. The van der Waals surface area contributed by atoms with Crippen molar-refractivity contribution in [3.05, 3.63) is 65.7 Å². The first-order chi connectivity index (χ1) is 14.5. The molecule has 3 aromatic rings. The molecule has 1 amide bonds. The minimum Gasteiger partial charge on any atom is -0.483 e. The number of hydrogen-bond acceptors (Lipinski definition) is 5. The van der Waals surface area contributed by atoms with Crippen LogP contribution in [0.4, 0.5) is 10.1 Å². The molecule has 6 nitrogen and oxygen atoms in total. The second-order valence-corrected chi connectivity index (χ2v) is 7.63. The zero-order valence-corrected chi connectivity index (χ0v) is 18.1. The number of hydrogen-bond donors (Lipinski definition) is 1. The third-order valence-electron chi connectivity index (χ3n) is 4.51. The maximum atomic E-state index is 13.2. The van der Waals surface area contributed by atoms with Crippen LogP contribution in [0, 0.1) is 5.82 Å². The van der Waals surface area contributed by atoms with Gasteiger partial charge in [-0.2, -0.15) is 0 Å². The molecule has 1 heterocycles. The molecule has 0 aliphatic carbocycles. The smallest absolute Gasteiger partial charge is 0.234 e. The van der Waals surface area contributed by atoms with Gasteiger partial charge in [-0.1, -0.05) is 36.9 Å². The summed E-state index contributed by atoms with van der Waals surface area (Å²) in [6, 6.07) is 13.8. The summed E-state index contributed by atoms with van der Waals surface area (Å²) in [5.74, 6) is 0.980. The number of carbonyl (C=O) groups excluding carboxylic acids is 1. The first-order valence-electron chi connectivity index (χ1n) is 9.87. The third kappa shape index (κ3) is 5.60. The van der Waals surface area contributed by atoms with Crippen molar-refractivity contribution in [2.45, 2.75) is 45.0 Å². The Balaban J connectivity index is 1.62.